The van der Waals surface area contributed by atoms with Crippen molar-refractivity contribution < 1.29 is 26.5 Å². The van der Waals surface area contributed by atoms with Crippen molar-refractivity contribution in [2.45, 2.75) is 245 Å². The second kappa shape index (κ2) is 35.5. The molecule has 52 heavy (non-hydrogen) atoms. The molecule has 8 nitrogen and oxygen atoms in total. The molecule has 310 valence electrons. The molecule has 0 saturated heterocycles. The Kier molecular flexibility index (Phi) is 34.7. The van der Waals surface area contributed by atoms with Crippen molar-refractivity contribution in [3.05, 3.63) is 0 Å². The SMILES string of the molecule is CCCCCCCCCCCCCCCCCC(=O)NC(C)C(CC)(CCCCCCCCCCCCCCCC)[N+]1=CNCC1.COS(=O)(=O)[O-]. The summed E-state index contributed by atoms with van der Waals surface area (Å²) in [5, 5.41) is 6.91. The number of hydrogen-bond acceptors (Lipinski definition) is 6. The van der Waals surface area contributed by atoms with E-state index in [1.807, 2.05) is 0 Å². The van der Waals surface area contributed by atoms with Gasteiger partial charge < -0.3 is 9.87 Å². The first-order chi connectivity index (χ1) is 25.2. The van der Waals surface area contributed by atoms with Crippen LogP contribution in [0.2, 0.25) is 0 Å². The summed E-state index contributed by atoms with van der Waals surface area (Å²) < 4.78 is 33.5. The molecule has 9 heteroatoms. The minimum atomic E-state index is -4.41. The number of hydrogen-bond donors (Lipinski definition) is 2. The van der Waals surface area contributed by atoms with E-state index in [4.69, 9.17) is 0 Å². The van der Waals surface area contributed by atoms with E-state index in [-0.39, 0.29) is 17.5 Å². The van der Waals surface area contributed by atoms with Crippen molar-refractivity contribution in [1.29, 1.82) is 0 Å². The Labute approximate surface area is 323 Å². The Balaban J connectivity index is 0.00000397. The van der Waals surface area contributed by atoms with Crippen molar-refractivity contribution in [3.63, 3.8) is 0 Å². The smallest absolute Gasteiger partial charge is 0.232 e. The van der Waals surface area contributed by atoms with Gasteiger partial charge in [0, 0.05) is 6.42 Å². The third-order valence-electron chi connectivity index (χ3n) is 11.3. The van der Waals surface area contributed by atoms with Gasteiger partial charge in [-0.3, -0.25) is 18.9 Å². The van der Waals surface area contributed by atoms with Gasteiger partial charge in [-0.1, -0.05) is 194 Å². The topological polar surface area (TPSA) is 111 Å². The van der Waals surface area contributed by atoms with E-state index in [1.165, 1.54) is 186 Å². The monoisotopic (exact) mass is 758 g/mol. The average Bonchev–Trinajstić information content (AvgIpc) is 3.67. The zero-order chi connectivity index (χ0) is 38.6. The van der Waals surface area contributed by atoms with E-state index in [9.17, 15) is 17.8 Å². The Morgan fingerprint density at radius 3 is 1.35 bits per heavy atom. The minimum absolute atomic E-state index is 0.0192. The quantitative estimate of drug-likeness (QED) is 0.0285. The highest BCUT2D eigenvalue weighted by molar-refractivity contribution is 7.80. The Hall–Kier alpha value is -1.19. The summed E-state index contributed by atoms with van der Waals surface area (Å²) >= 11 is 0. The first-order valence-corrected chi connectivity index (χ1v) is 23.6. The molecule has 0 aromatic carbocycles. The molecule has 0 radical (unpaired) electrons. The lowest BCUT2D eigenvalue weighted by atomic mass is 9.81. The van der Waals surface area contributed by atoms with Gasteiger partial charge in [-0.25, -0.2) is 8.42 Å². The van der Waals surface area contributed by atoms with Gasteiger partial charge in [0.25, 0.3) is 0 Å². The van der Waals surface area contributed by atoms with Crippen LogP contribution in [-0.2, 0) is 19.4 Å². The van der Waals surface area contributed by atoms with Crippen LogP contribution < -0.4 is 10.6 Å². The van der Waals surface area contributed by atoms with Crippen LogP contribution in [0.1, 0.15) is 233 Å². The fourth-order valence-electron chi connectivity index (χ4n) is 7.80. The van der Waals surface area contributed by atoms with Crippen molar-refractivity contribution in [3.8, 4) is 0 Å². The zero-order valence-electron chi connectivity index (χ0n) is 35.1. The van der Waals surface area contributed by atoms with Crippen LogP contribution >= 0.6 is 0 Å². The molecular formula is C43H87N3O5S. The largest absolute Gasteiger partial charge is 0.726 e. The molecule has 2 N–H and O–H groups in total. The summed E-state index contributed by atoms with van der Waals surface area (Å²) in [5.74, 6) is 0.258. The summed E-state index contributed by atoms with van der Waals surface area (Å²) in [4.78, 5) is 13.0. The molecule has 2 atom stereocenters. The van der Waals surface area contributed by atoms with Crippen LogP contribution in [0.15, 0.2) is 0 Å². The first kappa shape index (κ1) is 50.8. The van der Waals surface area contributed by atoms with Crippen LogP contribution in [-0.4, -0.2) is 61.6 Å². The molecule has 2 unspecified atom stereocenters. The summed E-state index contributed by atoms with van der Waals surface area (Å²) in [6.07, 6.45) is 45.1. The van der Waals surface area contributed by atoms with Gasteiger partial charge in [0.1, 0.15) is 18.6 Å². The highest BCUT2D eigenvalue weighted by Gasteiger charge is 2.42. The van der Waals surface area contributed by atoms with Crippen molar-refractivity contribution in [2.24, 2.45) is 0 Å². The molecule has 1 rings (SSSR count). The molecule has 0 fully saturated rings. The van der Waals surface area contributed by atoms with Crippen LogP contribution in [0.4, 0.5) is 0 Å². The normalized spacial score (nSPS) is 14.6. The molecule has 0 bridgehead atoms. The molecule has 0 aromatic rings. The summed E-state index contributed by atoms with van der Waals surface area (Å²) in [6, 6.07) is 0.166. The fourth-order valence-corrected chi connectivity index (χ4v) is 7.80. The molecular weight excluding hydrogens is 671 g/mol. The van der Waals surface area contributed by atoms with Crippen molar-refractivity contribution in [2.75, 3.05) is 20.2 Å². The van der Waals surface area contributed by atoms with Gasteiger partial charge in [-0.15, -0.1) is 0 Å². The Bertz CT molecular complexity index is 945. The zero-order valence-corrected chi connectivity index (χ0v) is 35.9. The highest BCUT2D eigenvalue weighted by atomic mass is 32.3. The number of rotatable bonds is 36. The van der Waals surface area contributed by atoms with E-state index in [1.54, 1.807) is 0 Å². The van der Waals surface area contributed by atoms with Crippen LogP contribution in [0.5, 0.6) is 0 Å². The molecule has 1 aliphatic rings. The van der Waals surface area contributed by atoms with Crippen LogP contribution in [0, 0.1) is 0 Å². The van der Waals surface area contributed by atoms with Gasteiger partial charge in [0.15, 0.2) is 0 Å². The predicted molar refractivity (Wildman–Crippen MR) is 221 cm³/mol. The predicted octanol–water partition coefficient (Wildman–Crippen LogP) is 11.5. The second-order valence-electron chi connectivity index (χ2n) is 15.6. The van der Waals surface area contributed by atoms with E-state index >= 15 is 0 Å². The number of carbonyl (C=O) groups excluding carboxylic acids is 1. The third-order valence-corrected chi connectivity index (χ3v) is 11.7. The molecule has 1 aliphatic heterocycles. The minimum Gasteiger partial charge on any atom is -0.726 e. The maximum Gasteiger partial charge on any atom is 0.232 e. The van der Waals surface area contributed by atoms with Gasteiger partial charge >= 0.3 is 0 Å². The average molecular weight is 758 g/mol. The summed E-state index contributed by atoms with van der Waals surface area (Å²) in [6.45, 7) is 11.2. The number of amides is 1. The highest BCUT2D eigenvalue weighted by Crippen LogP contribution is 2.29. The number of nitrogens with one attached hydrogen (secondary N) is 2. The van der Waals surface area contributed by atoms with E-state index in [0.717, 1.165) is 33.0 Å². The first-order valence-electron chi connectivity index (χ1n) is 22.3. The molecule has 0 aliphatic carbocycles. The molecule has 0 aromatic heterocycles. The van der Waals surface area contributed by atoms with Gasteiger partial charge in [-0.05, 0) is 32.6 Å². The van der Waals surface area contributed by atoms with Gasteiger partial charge in [0.05, 0.1) is 13.2 Å². The Morgan fingerprint density at radius 2 is 1.04 bits per heavy atom. The lowest BCUT2D eigenvalue weighted by Gasteiger charge is -2.38. The molecule has 1 heterocycles. The lowest BCUT2D eigenvalue weighted by molar-refractivity contribution is -0.603. The fraction of sp³-hybridized carbons (Fsp3) is 0.953. The van der Waals surface area contributed by atoms with E-state index in [2.05, 4.69) is 53.4 Å². The van der Waals surface area contributed by atoms with Crippen molar-refractivity contribution >= 4 is 22.6 Å². The maximum absolute atomic E-state index is 13.0. The molecule has 0 spiro atoms. The summed E-state index contributed by atoms with van der Waals surface area (Å²) in [5.41, 5.74) is 0.0192. The summed E-state index contributed by atoms with van der Waals surface area (Å²) in [7, 11) is -3.60. The number of unbranched alkanes of at least 4 members (excludes halogenated alkanes) is 27. The Morgan fingerprint density at radius 1 is 0.692 bits per heavy atom. The standard InChI is InChI=1S/C42H83N3O.CH4O4S/c1-5-8-10-12-14-16-18-20-22-23-25-27-29-31-33-35-41(46)44-40(4)42(7-3,45-38-37-43-39-45)36-34-32-30-28-26-24-21-19-17-15-13-11-9-6-2;1-5-6(2,3)4/h39-40H,5-38H2,1-4H3,(H,44,46);1H3,(H,2,3,4). The van der Waals surface area contributed by atoms with Crippen LogP contribution in [0.3, 0.4) is 0 Å². The van der Waals surface area contributed by atoms with E-state index in [0.29, 0.717) is 6.42 Å². The van der Waals surface area contributed by atoms with Crippen LogP contribution in [0.25, 0.3) is 0 Å². The lowest BCUT2D eigenvalue weighted by Crippen LogP contribution is -2.57. The molecule has 1 amide bonds. The van der Waals surface area contributed by atoms with Gasteiger partial charge in [0.2, 0.25) is 22.6 Å². The third kappa shape index (κ3) is 29.2. The number of nitrogens with zero attached hydrogens (tertiary/aromatic N) is 1. The van der Waals surface area contributed by atoms with Crippen molar-refractivity contribution in [1.82, 2.24) is 10.6 Å². The maximum atomic E-state index is 13.0. The van der Waals surface area contributed by atoms with E-state index < -0.39 is 10.4 Å². The second-order valence-corrected chi connectivity index (χ2v) is 16.8. The molecule has 0 saturated carbocycles. The van der Waals surface area contributed by atoms with Gasteiger partial charge in [-0.2, -0.15) is 0 Å². The number of carbonyl (C=O) groups is 1.